The van der Waals surface area contributed by atoms with Gasteiger partial charge in [0.2, 0.25) is 0 Å². The molecule has 4 rings (SSSR count). The van der Waals surface area contributed by atoms with Gasteiger partial charge in [-0.05, 0) is 23.8 Å². The number of hydrogen-bond donors (Lipinski definition) is 1. The molecule has 1 aliphatic rings. The monoisotopic (exact) mass is 394 g/mol. The molecule has 0 spiro atoms. The molecule has 1 aliphatic heterocycles. The largest absolute Gasteiger partial charge is 0.310 e. The van der Waals surface area contributed by atoms with Crippen molar-refractivity contribution in [3.63, 3.8) is 0 Å². The third-order valence-corrected chi connectivity index (χ3v) is 5.30. The zero-order chi connectivity index (χ0) is 19.7. The van der Waals surface area contributed by atoms with E-state index in [0.29, 0.717) is 11.6 Å². The van der Waals surface area contributed by atoms with Crippen LogP contribution in [-0.4, -0.2) is 26.4 Å². The molecule has 0 atom stereocenters. The van der Waals surface area contributed by atoms with E-state index in [1.165, 1.54) is 0 Å². The summed E-state index contributed by atoms with van der Waals surface area (Å²) < 4.78 is 0. The van der Waals surface area contributed by atoms with Crippen LogP contribution in [0.4, 0.5) is 0 Å². The van der Waals surface area contributed by atoms with Crippen molar-refractivity contribution < 1.29 is 0 Å². The normalized spacial score (nSPS) is 14.3. The average Bonchev–Trinajstić information content (AvgIpc) is 2.69. The van der Waals surface area contributed by atoms with Crippen LogP contribution < -0.4 is 5.56 Å². The number of fused-ring (bicyclic) bond motifs is 1. The number of nitrogens with one attached hydrogen (secondary N) is 1. The number of aromatic nitrogens is 3. The summed E-state index contributed by atoms with van der Waals surface area (Å²) in [6.07, 6.45) is 2.70. The Balaban J connectivity index is 1.48. The van der Waals surface area contributed by atoms with E-state index in [9.17, 15) is 4.79 Å². The van der Waals surface area contributed by atoms with Crippen molar-refractivity contribution in [1.82, 2.24) is 19.9 Å². The van der Waals surface area contributed by atoms with Gasteiger partial charge in [0.05, 0.1) is 17.0 Å². The van der Waals surface area contributed by atoms with Crippen LogP contribution in [0.3, 0.4) is 0 Å². The number of rotatable bonds is 4. The predicted molar refractivity (Wildman–Crippen MR) is 111 cm³/mol. The van der Waals surface area contributed by atoms with E-state index >= 15 is 0 Å². The fourth-order valence-corrected chi connectivity index (χ4v) is 3.69. The highest BCUT2D eigenvalue weighted by atomic mass is 35.5. The van der Waals surface area contributed by atoms with Crippen molar-refractivity contribution in [2.45, 2.75) is 39.3 Å². The van der Waals surface area contributed by atoms with E-state index in [2.05, 4.69) is 25.9 Å². The summed E-state index contributed by atoms with van der Waals surface area (Å²) >= 11 is 6.07. The van der Waals surface area contributed by atoms with Crippen molar-refractivity contribution in [2.75, 3.05) is 6.54 Å². The molecule has 0 saturated carbocycles. The van der Waals surface area contributed by atoms with Gasteiger partial charge < -0.3 is 4.98 Å². The second kappa shape index (κ2) is 7.86. The third kappa shape index (κ3) is 4.01. The van der Waals surface area contributed by atoms with Gasteiger partial charge in [0, 0.05) is 48.8 Å². The smallest absolute Gasteiger partial charge is 0.255 e. The number of H-pyrrole nitrogens is 1. The quantitative estimate of drug-likeness (QED) is 0.721. The number of hydrogen-bond acceptors (Lipinski definition) is 4. The van der Waals surface area contributed by atoms with Crippen molar-refractivity contribution in [1.29, 1.82) is 0 Å². The molecule has 1 N–H and O–H groups in total. The first-order chi connectivity index (χ1) is 13.5. The van der Waals surface area contributed by atoms with Crippen LogP contribution in [0.2, 0.25) is 5.02 Å². The molecule has 3 aromatic rings. The highest BCUT2D eigenvalue weighted by molar-refractivity contribution is 6.30. The fourth-order valence-electron chi connectivity index (χ4n) is 3.50. The number of nitrogens with zero attached hydrogens (tertiary/aromatic N) is 3. The lowest BCUT2D eigenvalue weighted by molar-refractivity contribution is 0.241. The summed E-state index contributed by atoms with van der Waals surface area (Å²) in [5.41, 5.74) is 4.75. The van der Waals surface area contributed by atoms with Gasteiger partial charge in [-0.25, -0.2) is 4.98 Å². The van der Waals surface area contributed by atoms with Crippen LogP contribution in [-0.2, 0) is 19.5 Å². The average molecular weight is 395 g/mol. The Morgan fingerprint density at radius 2 is 2.11 bits per heavy atom. The summed E-state index contributed by atoms with van der Waals surface area (Å²) in [7, 11) is 0. The standard InChI is InChI=1S/C22H23ClN4O/c1-14(2)21-25-20-8-9-27(13-18(20)22(28)26-21)12-15-6-7-19(24-11-15)16-4-3-5-17(23)10-16/h3-7,10-11,14H,8-9,12-13H2,1-2H3,(H,25,26,28). The molecule has 3 heterocycles. The SMILES string of the molecule is CC(C)c1nc2c(c(=O)[nH]1)CN(Cc1ccc(-c3cccc(Cl)c3)nc1)CC2. The molecule has 0 fully saturated rings. The maximum Gasteiger partial charge on any atom is 0.255 e. The topological polar surface area (TPSA) is 61.9 Å². The van der Waals surface area contributed by atoms with Gasteiger partial charge in [-0.15, -0.1) is 0 Å². The van der Waals surface area contributed by atoms with Crippen LogP contribution >= 0.6 is 11.6 Å². The van der Waals surface area contributed by atoms with Crippen molar-refractivity contribution in [2.24, 2.45) is 0 Å². The Bertz CT molecular complexity index is 1040. The molecule has 1 aromatic carbocycles. The molecule has 5 nitrogen and oxygen atoms in total. The van der Waals surface area contributed by atoms with Crippen molar-refractivity contribution in [3.8, 4) is 11.3 Å². The Kier molecular flexibility index (Phi) is 5.29. The summed E-state index contributed by atoms with van der Waals surface area (Å²) in [6, 6.07) is 11.8. The minimum Gasteiger partial charge on any atom is -0.310 e. The first-order valence-electron chi connectivity index (χ1n) is 9.55. The van der Waals surface area contributed by atoms with E-state index in [1.54, 1.807) is 0 Å². The van der Waals surface area contributed by atoms with E-state index in [0.717, 1.165) is 53.4 Å². The molecule has 2 aromatic heterocycles. The van der Waals surface area contributed by atoms with Crippen LogP contribution in [0, 0.1) is 0 Å². The lowest BCUT2D eigenvalue weighted by atomic mass is 10.0. The Morgan fingerprint density at radius 3 is 2.82 bits per heavy atom. The number of pyridine rings is 1. The van der Waals surface area contributed by atoms with Gasteiger partial charge in [-0.3, -0.25) is 14.7 Å². The summed E-state index contributed by atoms with van der Waals surface area (Å²) in [5.74, 6) is 0.998. The zero-order valence-corrected chi connectivity index (χ0v) is 16.8. The third-order valence-electron chi connectivity index (χ3n) is 5.06. The lowest BCUT2D eigenvalue weighted by Gasteiger charge is -2.28. The summed E-state index contributed by atoms with van der Waals surface area (Å²) in [6.45, 7) is 6.34. The molecule has 0 bridgehead atoms. The van der Waals surface area contributed by atoms with Crippen LogP contribution in [0.1, 0.15) is 42.4 Å². The van der Waals surface area contributed by atoms with Gasteiger partial charge in [0.25, 0.3) is 5.56 Å². The molecular formula is C22H23ClN4O. The highest BCUT2D eigenvalue weighted by Gasteiger charge is 2.21. The molecule has 0 amide bonds. The van der Waals surface area contributed by atoms with Crippen LogP contribution in [0.25, 0.3) is 11.3 Å². The Hall–Kier alpha value is -2.50. The number of aromatic amines is 1. The molecule has 0 aliphatic carbocycles. The molecule has 0 radical (unpaired) electrons. The number of benzene rings is 1. The maximum absolute atomic E-state index is 12.5. The Morgan fingerprint density at radius 1 is 1.25 bits per heavy atom. The first kappa shape index (κ1) is 18.8. The molecule has 28 heavy (non-hydrogen) atoms. The molecule has 144 valence electrons. The maximum atomic E-state index is 12.5. The van der Waals surface area contributed by atoms with E-state index in [1.807, 2.05) is 50.4 Å². The van der Waals surface area contributed by atoms with Gasteiger partial charge in [0.1, 0.15) is 5.82 Å². The van der Waals surface area contributed by atoms with Gasteiger partial charge >= 0.3 is 0 Å². The van der Waals surface area contributed by atoms with Gasteiger partial charge in [0.15, 0.2) is 0 Å². The second-order valence-corrected chi connectivity index (χ2v) is 7.99. The molecular weight excluding hydrogens is 372 g/mol. The first-order valence-corrected chi connectivity index (χ1v) is 9.92. The molecule has 0 unspecified atom stereocenters. The number of halogens is 1. The minimum atomic E-state index is -0.00664. The predicted octanol–water partition coefficient (Wildman–Crippen LogP) is 4.17. The highest BCUT2D eigenvalue weighted by Crippen LogP contribution is 2.22. The van der Waals surface area contributed by atoms with Gasteiger partial charge in [-0.2, -0.15) is 0 Å². The second-order valence-electron chi connectivity index (χ2n) is 7.55. The zero-order valence-electron chi connectivity index (χ0n) is 16.1. The molecule has 6 heteroatoms. The van der Waals surface area contributed by atoms with E-state index in [4.69, 9.17) is 11.6 Å². The summed E-state index contributed by atoms with van der Waals surface area (Å²) in [5, 5.41) is 0.704. The fraction of sp³-hybridized carbons (Fsp3) is 0.318. The van der Waals surface area contributed by atoms with E-state index < -0.39 is 0 Å². The molecule has 0 saturated heterocycles. The van der Waals surface area contributed by atoms with Crippen molar-refractivity contribution >= 4 is 11.6 Å². The van der Waals surface area contributed by atoms with Crippen molar-refractivity contribution in [3.05, 3.63) is 80.6 Å². The summed E-state index contributed by atoms with van der Waals surface area (Å²) in [4.78, 5) is 26.9. The van der Waals surface area contributed by atoms with Crippen LogP contribution in [0.15, 0.2) is 47.4 Å². The Labute approximate surface area is 169 Å². The lowest BCUT2D eigenvalue weighted by Crippen LogP contribution is -2.36. The van der Waals surface area contributed by atoms with E-state index in [-0.39, 0.29) is 11.5 Å². The van der Waals surface area contributed by atoms with Crippen LogP contribution in [0.5, 0.6) is 0 Å². The van der Waals surface area contributed by atoms with Gasteiger partial charge in [-0.1, -0.05) is 43.6 Å². The minimum absolute atomic E-state index is 0.00664.